The fraction of sp³-hybridized carbons (Fsp3) is 0.235. The second-order valence-electron chi connectivity index (χ2n) is 4.76. The van der Waals surface area contributed by atoms with E-state index in [1.54, 1.807) is 6.92 Å². The Balaban J connectivity index is 2.17. The molecule has 1 aromatic heterocycles. The van der Waals surface area contributed by atoms with Gasteiger partial charge in [-0.15, -0.1) is 11.3 Å². The summed E-state index contributed by atoms with van der Waals surface area (Å²) in [5.74, 6) is -1.14. The van der Waals surface area contributed by atoms with E-state index in [2.05, 4.69) is 10.5 Å². The molecule has 0 fully saturated rings. The number of hydrogen-bond donors (Lipinski definition) is 1. The zero-order chi connectivity index (χ0) is 16.7. The van der Waals surface area contributed by atoms with Crippen molar-refractivity contribution in [2.45, 2.75) is 20.4 Å². The van der Waals surface area contributed by atoms with Crippen molar-refractivity contribution < 1.29 is 14.3 Å². The number of thiophene rings is 1. The zero-order valence-electron chi connectivity index (χ0n) is 13.0. The van der Waals surface area contributed by atoms with Crippen LogP contribution >= 0.6 is 11.3 Å². The lowest BCUT2D eigenvalue weighted by Crippen LogP contribution is -2.29. The quantitative estimate of drug-likeness (QED) is 0.279. The molecular formula is C17H18N2O3S. The highest BCUT2D eigenvalue weighted by molar-refractivity contribution is 7.13. The SMILES string of the molecule is CCOC(=O)/C(=N\NCc1ccccc1)C(=O)c1sccc1C. The molecule has 0 aliphatic carbocycles. The van der Waals surface area contributed by atoms with Crippen molar-refractivity contribution in [2.75, 3.05) is 6.61 Å². The van der Waals surface area contributed by atoms with Gasteiger partial charge in [0.1, 0.15) is 0 Å². The lowest BCUT2D eigenvalue weighted by Gasteiger charge is -2.06. The molecule has 0 bridgehead atoms. The maximum absolute atomic E-state index is 12.5. The van der Waals surface area contributed by atoms with Crippen molar-refractivity contribution in [1.29, 1.82) is 0 Å². The van der Waals surface area contributed by atoms with Crippen molar-refractivity contribution >= 4 is 28.8 Å². The zero-order valence-corrected chi connectivity index (χ0v) is 13.9. The third-order valence-electron chi connectivity index (χ3n) is 3.07. The van der Waals surface area contributed by atoms with Crippen LogP contribution in [0.1, 0.15) is 27.7 Å². The van der Waals surface area contributed by atoms with E-state index in [1.807, 2.05) is 48.7 Å². The number of nitrogens with one attached hydrogen (secondary N) is 1. The maximum atomic E-state index is 12.5. The normalized spacial score (nSPS) is 11.1. The minimum Gasteiger partial charge on any atom is -0.461 e. The average Bonchev–Trinajstić information content (AvgIpc) is 2.98. The van der Waals surface area contributed by atoms with Crippen LogP contribution in [0.4, 0.5) is 0 Å². The maximum Gasteiger partial charge on any atom is 0.362 e. The van der Waals surface area contributed by atoms with E-state index in [0.717, 1.165) is 11.1 Å². The van der Waals surface area contributed by atoms with Gasteiger partial charge in [0.05, 0.1) is 18.0 Å². The molecule has 0 aliphatic heterocycles. The molecule has 0 saturated heterocycles. The number of rotatable bonds is 7. The second kappa shape index (κ2) is 8.24. The van der Waals surface area contributed by atoms with E-state index >= 15 is 0 Å². The fourth-order valence-electron chi connectivity index (χ4n) is 1.91. The molecule has 2 rings (SSSR count). The van der Waals surface area contributed by atoms with E-state index < -0.39 is 11.8 Å². The van der Waals surface area contributed by atoms with Crippen LogP contribution in [0, 0.1) is 6.92 Å². The highest BCUT2D eigenvalue weighted by Crippen LogP contribution is 2.17. The van der Waals surface area contributed by atoms with Crippen molar-refractivity contribution in [1.82, 2.24) is 5.43 Å². The fourth-order valence-corrected chi connectivity index (χ4v) is 2.77. The predicted octanol–water partition coefficient (Wildman–Crippen LogP) is 2.95. The molecule has 0 spiro atoms. The van der Waals surface area contributed by atoms with Gasteiger partial charge in [-0.2, -0.15) is 5.10 Å². The molecule has 1 heterocycles. The molecule has 0 radical (unpaired) electrons. The molecule has 0 amide bonds. The van der Waals surface area contributed by atoms with Gasteiger partial charge in [0.2, 0.25) is 11.5 Å². The molecule has 6 heteroatoms. The van der Waals surface area contributed by atoms with E-state index in [0.29, 0.717) is 11.4 Å². The molecule has 0 aliphatic rings. The van der Waals surface area contributed by atoms with Gasteiger partial charge in [-0.1, -0.05) is 30.3 Å². The summed E-state index contributed by atoms with van der Waals surface area (Å²) in [5.41, 5.74) is 4.36. The molecule has 0 unspecified atom stereocenters. The monoisotopic (exact) mass is 330 g/mol. The van der Waals surface area contributed by atoms with Crippen LogP contribution < -0.4 is 5.43 Å². The molecule has 2 aromatic rings. The Morgan fingerprint density at radius 2 is 1.96 bits per heavy atom. The summed E-state index contributed by atoms with van der Waals surface area (Å²) in [6.45, 7) is 4.12. The summed E-state index contributed by atoms with van der Waals surface area (Å²) in [5, 5.41) is 5.79. The third kappa shape index (κ3) is 4.50. The Labute approximate surface area is 139 Å². The molecule has 120 valence electrons. The molecule has 1 N–H and O–H groups in total. The number of ketones is 1. The minimum absolute atomic E-state index is 0.188. The number of Topliss-reactive ketones (excluding diaryl/α,β-unsaturated/α-hetero) is 1. The topological polar surface area (TPSA) is 67.8 Å². The predicted molar refractivity (Wildman–Crippen MR) is 90.7 cm³/mol. The standard InChI is InChI=1S/C17H18N2O3S/c1-3-22-17(21)14(15(20)16-12(2)9-10-23-16)19-18-11-13-7-5-4-6-8-13/h4-10,18H,3,11H2,1-2H3/b19-14-. The highest BCUT2D eigenvalue weighted by Gasteiger charge is 2.25. The van der Waals surface area contributed by atoms with Gasteiger partial charge >= 0.3 is 5.97 Å². The summed E-state index contributed by atoms with van der Waals surface area (Å²) in [4.78, 5) is 25.0. The van der Waals surface area contributed by atoms with Crippen LogP contribution in [-0.2, 0) is 16.1 Å². The van der Waals surface area contributed by atoms with E-state index in [4.69, 9.17) is 4.74 Å². The number of carbonyl (C=O) groups is 2. The first-order chi connectivity index (χ1) is 11.1. The smallest absolute Gasteiger partial charge is 0.362 e. The summed E-state index contributed by atoms with van der Waals surface area (Å²) < 4.78 is 4.94. The molecule has 23 heavy (non-hydrogen) atoms. The highest BCUT2D eigenvalue weighted by atomic mass is 32.1. The summed E-state index contributed by atoms with van der Waals surface area (Å²) >= 11 is 1.29. The van der Waals surface area contributed by atoms with Crippen LogP contribution in [-0.4, -0.2) is 24.1 Å². The third-order valence-corrected chi connectivity index (χ3v) is 4.08. The van der Waals surface area contributed by atoms with Gasteiger partial charge in [-0.3, -0.25) is 4.79 Å². The Hall–Kier alpha value is -2.47. The summed E-state index contributed by atoms with van der Waals surface area (Å²) in [6.07, 6.45) is 0. The number of carbonyl (C=O) groups excluding carboxylic acids is 2. The molecule has 0 atom stereocenters. The van der Waals surface area contributed by atoms with Crippen LogP contribution in [0.15, 0.2) is 46.9 Å². The van der Waals surface area contributed by atoms with Crippen LogP contribution in [0.25, 0.3) is 0 Å². The molecule has 0 saturated carbocycles. The number of esters is 1. The second-order valence-corrected chi connectivity index (χ2v) is 5.68. The number of benzene rings is 1. The first kappa shape index (κ1) is 16.9. The Bertz CT molecular complexity index is 708. The van der Waals surface area contributed by atoms with Crippen molar-refractivity contribution in [3.05, 3.63) is 57.8 Å². The van der Waals surface area contributed by atoms with Crippen LogP contribution in [0.5, 0.6) is 0 Å². The van der Waals surface area contributed by atoms with Gasteiger partial charge in [-0.05, 0) is 36.4 Å². The molecule has 5 nitrogen and oxygen atoms in total. The summed E-state index contributed by atoms with van der Waals surface area (Å²) in [7, 11) is 0. The first-order valence-electron chi connectivity index (χ1n) is 7.23. The Morgan fingerprint density at radius 1 is 1.22 bits per heavy atom. The first-order valence-corrected chi connectivity index (χ1v) is 8.11. The van der Waals surface area contributed by atoms with E-state index in [-0.39, 0.29) is 12.3 Å². The van der Waals surface area contributed by atoms with Crippen molar-refractivity contribution in [3.63, 3.8) is 0 Å². The van der Waals surface area contributed by atoms with Gasteiger partial charge < -0.3 is 10.2 Å². The number of nitrogens with zero attached hydrogens (tertiary/aromatic N) is 1. The van der Waals surface area contributed by atoms with Crippen LogP contribution in [0.2, 0.25) is 0 Å². The number of aryl methyl sites for hydroxylation is 1. The number of hydrazone groups is 1. The van der Waals surface area contributed by atoms with Gasteiger partial charge in [0.15, 0.2) is 0 Å². The van der Waals surface area contributed by atoms with Crippen molar-refractivity contribution in [3.8, 4) is 0 Å². The van der Waals surface area contributed by atoms with Crippen LogP contribution in [0.3, 0.4) is 0 Å². The lowest BCUT2D eigenvalue weighted by atomic mass is 10.1. The largest absolute Gasteiger partial charge is 0.461 e. The van der Waals surface area contributed by atoms with Gasteiger partial charge in [-0.25, -0.2) is 4.79 Å². The van der Waals surface area contributed by atoms with E-state index in [1.165, 1.54) is 11.3 Å². The Kier molecular flexibility index (Phi) is 6.05. The lowest BCUT2D eigenvalue weighted by molar-refractivity contribution is -0.134. The van der Waals surface area contributed by atoms with Crippen molar-refractivity contribution in [2.24, 2.45) is 5.10 Å². The summed E-state index contributed by atoms with van der Waals surface area (Å²) in [6, 6.07) is 11.4. The van der Waals surface area contributed by atoms with Gasteiger partial charge in [0.25, 0.3) is 0 Å². The molecular weight excluding hydrogens is 312 g/mol. The Morgan fingerprint density at radius 3 is 2.57 bits per heavy atom. The van der Waals surface area contributed by atoms with E-state index in [9.17, 15) is 9.59 Å². The average molecular weight is 330 g/mol. The van der Waals surface area contributed by atoms with Gasteiger partial charge in [0, 0.05) is 0 Å². The molecule has 1 aromatic carbocycles. The minimum atomic E-state index is -0.717. The number of hydrogen-bond acceptors (Lipinski definition) is 6. The number of ether oxygens (including phenoxy) is 1.